The minimum Gasteiger partial charge on any atom is -0.295 e. The molecule has 27 heavy (non-hydrogen) atoms. The van der Waals surface area contributed by atoms with Gasteiger partial charge in [-0.3, -0.25) is 4.90 Å². The number of nitrogens with zero attached hydrogens (tertiary/aromatic N) is 4. The zero-order valence-corrected chi connectivity index (χ0v) is 17.8. The molecule has 7 heteroatoms. The highest BCUT2D eigenvalue weighted by atomic mass is 32.2. The molecule has 1 aromatic carbocycles. The number of hydrogen-bond acceptors (Lipinski definition) is 5. The van der Waals surface area contributed by atoms with Gasteiger partial charge in [0.2, 0.25) is 0 Å². The zero-order valence-electron chi connectivity index (χ0n) is 16.9. The lowest BCUT2D eigenvalue weighted by atomic mass is 10.1. The minimum absolute atomic E-state index is 0.0490. The van der Waals surface area contributed by atoms with E-state index in [0.29, 0.717) is 18.9 Å². The number of aromatic nitrogens is 3. The first kappa shape index (κ1) is 20.0. The van der Waals surface area contributed by atoms with Gasteiger partial charge in [-0.1, -0.05) is 19.9 Å². The minimum atomic E-state index is -2.90. The van der Waals surface area contributed by atoms with Crippen LogP contribution in [-0.2, 0) is 22.8 Å². The van der Waals surface area contributed by atoms with E-state index < -0.39 is 9.84 Å². The second-order valence-corrected chi connectivity index (χ2v) is 10.5. The fourth-order valence-electron chi connectivity index (χ4n) is 3.70. The molecule has 1 atom stereocenters. The van der Waals surface area contributed by atoms with Crippen molar-refractivity contribution in [1.82, 2.24) is 19.7 Å². The zero-order chi connectivity index (χ0) is 19.8. The Kier molecular flexibility index (Phi) is 5.72. The predicted octanol–water partition coefficient (Wildman–Crippen LogP) is 2.70. The molecule has 0 radical (unpaired) electrons. The van der Waals surface area contributed by atoms with E-state index in [1.807, 2.05) is 11.7 Å². The van der Waals surface area contributed by atoms with Gasteiger partial charge in [-0.25, -0.2) is 18.1 Å². The Morgan fingerprint density at radius 2 is 1.89 bits per heavy atom. The first-order valence-corrected chi connectivity index (χ1v) is 11.4. The van der Waals surface area contributed by atoms with Crippen LogP contribution >= 0.6 is 0 Å². The number of aryl methyl sites for hydroxylation is 2. The van der Waals surface area contributed by atoms with Crippen molar-refractivity contribution in [3.8, 4) is 5.69 Å². The maximum Gasteiger partial charge on any atom is 0.151 e. The van der Waals surface area contributed by atoms with E-state index in [4.69, 9.17) is 10.1 Å². The lowest BCUT2D eigenvalue weighted by Crippen LogP contribution is -2.33. The summed E-state index contributed by atoms with van der Waals surface area (Å²) in [6, 6.07) is 6.42. The topological polar surface area (TPSA) is 68.1 Å². The third-order valence-corrected chi connectivity index (χ3v) is 6.73. The molecule has 6 nitrogen and oxygen atoms in total. The van der Waals surface area contributed by atoms with Crippen LogP contribution in [0.15, 0.2) is 18.2 Å². The average molecular weight is 391 g/mol. The summed E-state index contributed by atoms with van der Waals surface area (Å²) < 4.78 is 25.6. The van der Waals surface area contributed by atoms with E-state index in [1.54, 1.807) is 0 Å². The monoisotopic (exact) mass is 390 g/mol. The molecule has 1 aliphatic heterocycles. The number of hydrogen-bond donors (Lipinski definition) is 0. The molecule has 1 aromatic heterocycles. The highest BCUT2D eigenvalue weighted by molar-refractivity contribution is 7.91. The number of benzene rings is 1. The quantitative estimate of drug-likeness (QED) is 0.759. The van der Waals surface area contributed by atoms with Gasteiger partial charge in [-0.15, -0.1) is 0 Å². The third-order valence-electron chi connectivity index (χ3n) is 4.98. The van der Waals surface area contributed by atoms with Crippen molar-refractivity contribution < 1.29 is 8.42 Å². The van der Waals surface area contributed by atoms with Crippen LogP contribution < -0.4 is 0 Å². The Bertz CT molecular complexity index is 898. The predicted molar refractivity (Wildman–Crippen MR) is 108 cm³/mol. The second-order valence-electron chi connectivity index (χ2n) is 8.27. The van der Waals surface area contributed by atoms with Crippen molar-refractivity contribution in [2.75, 3.05) is 18.6 Å². The molecule has 0 saturated carbocycles. The lowest BCUT2D eigenvalue weighted by molar-refractivity contribution is 0.246. The van der Waals surface area contributed by atoms with Gasteiger partial charge in [0.15, 0.2) is 15.7 Å². The van der Waals surface area contributed by atoms with Crippen LogP contribution in [-0.4, -0.2) is 52.7 Å². The van der Waals surface area contributed by atoms with E-state index in [-0.39, 0.29) is 17.5 Å². The fourth-order valence-corrected chi connectivity index (χ4v) is 5.51. The van der Waals surface area contributed by atoms with Gasteiger partial charge in [0.25, 0.3) is 0 Å². The Morgan fingerprint density at radius 1 is 1.22 bits per heavy atom. The molecule has 1 fully saturated rings. The van der Waals surface area contributed by atoms with Crippen LogP contribution in [0, 0.1) is 19.8 Å². The fraction of sp³-hybridized carbons (Fsp3) is 0.600. The van der Waals surface area contributed by atoms with Gasteiger partial charge in [-0.05, 0) is 56.5 Å². The molecule has 3 rings (SSSR count). The molecule has 1 saturated heterocycles. The van der Waals surface area contributed by atoms with Crippen LogP contribution in [0.2, 0.25) is 0 Å². The average Bonchev–Trinajstić information content (AvgIpc) is 3.08. The van der Waals surface area contributed by atoms with Gasteiger partial charge < -0.3 is 0 Å². The SMILES string of the molecule is Cc1cc(C)cc(-n2nc(CC(C)C)nc2CN(C)[C@@H]2CCS(=O)(=O)C2)c1. The van der Waals surface area contributed by atoms with Gasteiger partial charge >= 0.3 is 0 Å². The highest BCUT2D eigenvalue weighted by Gasteiger charge is 2.31. The molecule has 2 heterocycles. The lowest BCUT2D eigenvalue weighted by Gasteiger charge is -2.22. The molecule has 2 aromatic rings. The molecule has 148 valence electrons. The van der Waals surface area contributed by atoms with E-state index in [1.165, 1.54) is 11.1 Å². The first-order valence-electron chi connectivity index (χ1n) is 9.57. The molecule has 0 bridgehead atoms. The summed E-state index contributed by atoms with van der Waals surface area (Å²) in [5.41, 5.74) is 3.39. The maximum absolute atomic E-state index is 11.8. The van der Waals surface area contributed by atoms with E-state index in [9.17, 15) is 8.42 Å². The van der Waals surface area contributed by atoms with Crippen molar-refractivity contribution in [2.45, 2.75) is 53.1 Å². The van der Waals surface area contributed by atoms with Crippen molar-refractivity contribution in [3.63, 3.8) is 0 Å². The van der Waals surface area contributed by atoms with Crippen LogP contribution in [0.1, 0.15) is 43.0 Å². The molecule has 0 unspecified atom stereocenters. The standard InChI is InChI=1S/C20H30N4O2S/c1-14(2)8-19-21-20(12-23(5)17-6-7-27(25,26)13-17)24(22-19)18-10-15(3)9-16(4)11-18/h9-11,14,17H,6-8,12-13H2,1-5H3/t17-/m1/s1. The number of rotatable bonds is 6. The number of sulfone groups is 1. The van der Waals surface area contributed by atoms with Crippen LogP contribution in [0.3, 0.4) is 0 Å². The summed E-state index contributed by atoms with van der Waals surface area (Å²) in [5.74, 6) is 2.70. The van der Waals surface area contributed by atoms with Gasteiger partial charge in [0.05, 0.1) is 23.7 Å². The molecule has 0 N–H and O–H groups in total. The highest BCUT2D eigenvalue weighted by Crippen LogP contribution is 2.21. The van der Waals surface area contributed by atoms with E-state index >= 15 is 0 Å². The van der Waals surface area contributed by atoms with Crippen molar-refractivity contribution in [3.05, 3.63) is 41.0 Å². The largest absolute Gasteiger partial charge is 0.295 e. The van der Waals surface area contributed by atoms with Crippen molar-refractivity contribution >= 4 is 9.84 Å². The summed E-state index contributed by atoms with van der Waals surface area (Å²) >= 11 is 0. The Labute approximate surface area is 162 Å². The molecule has 0 spiro atoms. The maximum atomic E-state index is 11.8. The van der Waals surface area contributed by atoms with E-state index in [0.717, 1.165) is 23.8 Å². The molecule has 0 aliphatic carbocycles. The Hall–Kier alpha value is -1.73. The summed E-state index contributed by atoms with van der Waals surface area (Å²) in [4.78, 5) is 6.90. The van der Waals surface area contributed by atoms with Crippen molar-refractivity contribution in [2.24, 2.45) is 5.92 Å². The van der Waals surface area contributed by atoms with Crippen LogP contribution in [0.25, 0.3) is 5.69 Å². The molecular weight excluding hydrogens is 360 g/mol. The van der Waals surface area contributed by atoms with Gasteiger partial charge in [0, 0.05) is 12.5 Å². The molecule has 0 amide bonds. The van der Waals surface area contributed by atoms with Crippen LogP contribution in [0.4, 0.5) is 0 Å². The van der Waals surface area contributed by atoms with Crippen LogP contribution in [0.5, 0.6) is 0 Å². The first-order chi connectivity index (χ1) is 12.6. The molecule has 1 aliphatic rings. The van der Waals surface area contributed by atoms with Crippen molar-refractivity contribution in [1.29, 1.82) is 0 Å². The Morgan fingerprint density at radius 3 is 2.44 bits per heavy atom. The summed E-state index contributed by atoms with van der Waals surface area (Å²) in [6.45, 7) is 9.06. The van der Waals surface area contributed by atoms with E-state index in [2.05, 4.69) is 50.8 Å². The summed E-state index contributed by atoms with van der Waals surface area (Å²) in [5, 5.41) is 4.77. The third kappa shape index (κ3) is 4.96. The normalized spacial score (nSPS) is 19.3. The smallest absolute Gasteiger partial charge is 0.151 e. The Balaban J connectivity index is 1.91. The van der Waals surface area contributed by atoms with Gasteiger partial charge in [0.1, 0.15) is 5.82 Å². The summed E-state index contributed by atoms with van der Waals surface area (Å²) in [7, 11) is -0.921. The van der Waals surface area contributed by atoms with Gasteiger partial charge in [-0.2, -0.15) is 5.10 Å². The second kappa shape index (κ2) is 7.72. The summed E-state index contributed by atoms with van der Waals surface area (Å²) in [6.07, 6.45) is 1.52. The molecular formula is C20H30N4O2S.